The lowest BCUT2D eigenvalue weighted by Gasteiger charge is -2.18. The van der Waals surface area contributed by atoms with Gasteiger partial charge >= 0.3 is 6.03 Å². The van der Waals surface area contributed by atoms with Crippen LogP contribution in [-0.4, -0.2) is 43.6 Å². The highest BCUT2D eigenvalue weighted by molar-refractivity contribution is 6.30. The standard InChI is InChI=1S/C18H18ClN3O3/c1-25-16-8-4-14(5-9-16)20-17(23)12-21-10-11-22(18(21)24)15-6-2-13(19)3-7-15/h2-9H,10-12H2,1H3,(H,20,23). The van der Waals surface area contributed by atoms with Gasteiger partial charge in [-0.3, -0.25) is 9.69 Å². The number of nitrogens with one attached hydrogen (secondary N) is 1. The zero-order valence-corrected chi connectivity index (χ0v) is 14.5. The number of ether oxygens (including phenoxy) is 1. The molecule has 1 saturated heterocycles. The first kappa shape index (κ1) is 17.1. The normalized spacial score (nSPS) is 13.9. The molecule has 0 spiro atoms. The summed E-state index contributed by atoms with van der Waals surface area (Å²) in [5, 5.41) is 3.40. The lowest BCUT2D eigenvalue weighted by atomic mass is 10.3. The number of carbonyl (C=O) groups excluding carboxylic acids is 2. The van der Waals surface area contributed by atoms with Crippen LogP contribution in [0.1, 0.15) is 0 Å². The fourth-order valence-corrected chi connectivity index (χ4v) is 2.76. The summed E-state index contributed by atoms with van der Waals surface area (Å²) in [4.78, 5) is 27.8. The lowest BCUT2D eigenvalue weighted by Crippen LogP contribution is -2.37. The molecule has 0 saturated carbocycles. The number of carbonyl (C=O) groups is 2. The Bertz CT molecular complexity index is 762. The molecule has 0 radical (unpaired) electrons. The van der Waals surface area contributed by atoms with E-state index in [-0.39, 0.29) is 18.5 Å². The van der Waals surface area contributed by atoms with Crippen LogP contribution in [0.25, 0.3) is 0 Å². The lowest BCUT2D eigenvalue weighted by molar-refractivity contribution is -0.116. The van der Waals surface area contributed by atoms with E-state index >= 15 is 0 Å². The fourth-order valence-electron chi connectivity index (χ4n) is 2.64. The van der Waals surface area contributed by atoms with Crippen molar-refractivity contribution in [2.24, 2.45) is 0 Å². The molecule has 7 heteroatoms. The van der Waals surface area contributed by atoms with Crippen molar-refractivity contribution >= 4 is 34.9 Å². The molecule has 1 aliphatic heterocycles. The van der Waals surface area contributed by atoms with Crippen molar-refractivity contribution < 1.29 is 14.3 Å². The highest BCUT2D eigenvalue weighted by Gasteiger charge is 2.30. The van der Waals surface area contributed by atoms with Crippen LogP contribution < -0.4 is 15.0 Å². The van der Waals surface area contributed by atoms with E-state index in [1.54, 1.807) is 60.5 Å². The minimum atomic E-state index is -0.239. The maximum Gasteiger partial charge on any atom is 0.325 e. The Labute approximate surface area is 150 Å². The van der Waals surface area contributed by atoms with Gasteiger partial charge in [0.15, 0.2) is 0 Å². The summed E-state index contributed by atoms with van der Waals surface area (Å²) in [7, 11) is 1.58. The Kier molecular flexibility index (Phi) is 5.09. The molecule has 130 valence electrons. The average molecular weight is 360 g/mol. The molecule has 1 fully saturated rings. The quantitative estimate of drug-likeness (QED) is 0.891. The summed E-state index contributed by atoms with van der Waals surface area (Å²) in [6, 6.07) is 13.9. The van der Waals surface area contributed by atoms with Gasteiger partial charge in [-0.1, -0.05) is 11.6 Å². The van der Waals surface area contributed by atoms with Crippen LogP contribution in [0, 0.1) is 0 Å². The Hall–Kier alpha value is -2.73. The van der Waals surface area contributed by atoms with E-state index in [0.29, 0.717) is 29.5 Å². The molecule has 0 unspecified atom stereocenters. The molecule has 1 aliphatic rings. The van der Waals surface area contributed by atoms with Crippen molar-refractivity contribution in [2.45, 2.75) is 0 Å². The van der Waals surface area contributed by atoms with E-state index in [1.165, 1.54) is 4.90 Å². The number of hydrogen-bond donors (Lipinski definition) is 1. The molecule has 0 aliphatic carbocycles. The SMILES string of the molecule is COc1ccc(NC(=O)CN2CCN(c3ccc(Cl)cc3)C2=O)cc1. The summed E-state index contributed by atoms with van der Waals surface area (Å²) in [5.74, 6) is 0.475. The van der Waals surface area contributed by atoms with Gasteiger partial charge in [-0.25, -0.2) is 4.79 Å². The molecule has 3 amide bonds. The van der Waals surface area contributed by atoms with Crippen molar-refractivity contribution in [1.82, 2.24) is 4.90 Å². The van der Waals surface area contributed by atoms with Gasteiger partial charge in [0.25, 0.3) is 0 Å². The molecular weight excluding hydrogens is 342 g/mol. The van der Waals surface area contributed by atoms with Gasteiger partial charge in [-0.05, 0) is 48.5 Å². The average Bonchev–Trinajstić information content (AvgIpc) is 2.97. The maximum absolute atomic E-state index is 12.5. The van der Waals surface area contributed by atoms with Gasteiger partial charge < -0.3 is 15.0 Å². The highest BCUT2D eigenvalue weighted by atomic mass is 35.5. The second kappa shape index (κ2) is 7.44. The number of hydrogen-bond acceptors (Lipinski definition) is 3. The second-order valence-corrected chi connectivity index (χ2v) is 6.05. The minimum Gasteiger partial charge on any atom is -0.497 e. The Morgan fingerprint density at radius 1 is 1.12 bits per heavy atom. The number of rotatable bonds is 5. The van der Waals surface area contributed by atoms with Crippen LogP contribution in [0.3, 0.4) is 0 Å². The zero-order valence-electron chi connectivity index (χ0n) is 13.7. The van der Waals surface area contributed by atoms with E-state index in [1.807, 2.05) is 0 Å². The summed E-state index contributed by atoms with van der Waals surface area (Å²) in [5.41, 5.74) is 1.43. The predicted molar refractivity (Wildman–Crippen MR) is 97.4 cm³/mol. The number of urea groups is 1. The van der Waals surface area contributed by atoms with Crippen molar-refractivity contribution in [3.8, 4) is 5.75 Å². The topological polar surface area (TPSA) is 61.9 Å². The summed E-state index contributed by atoms with van der Waals surface area (Å²) >= 11 is 5.87. The third-order valence-corrected chi connectivity index (χ3v) is 4.19. The molecule has 0 bridgehead atoms. The first-order valence-electron chi connectivity index (χ1n) is 7.83. The van der Waals surface area contributed by atoms with E-state index in [4.69, 9.17) is 16.3 Å². The molecule has 2 aromatic carbocycles. The minimum absolute atomic E-state index is 0.00888. The Morgan fingerprint density at radius 2 is 1.80 bits per heavy atom. The molecule has 6 nitrogen and oxygen atoms in total. The number of halogens is 1. The smallest absolute Gasteiger partial charge is 0.325 e. The molecule has 0 aromatic heterocycles. The van der Waals surface area contributed by atoms with E-state index < -0.39 is 0 Å². The zero-order chi connectivity index (χ0) is 17.8. The van der Waals surface area contributed by atoms with Crippen molar-refractivity contribution in [3.63, 3.8) is 0 Å². The monoisotopic (exact) mass is 359 g/mol. The fraction of sp³-hybridized carbons (Fsp3) is 0.222. The van der Waals surface area contributed by atoms with E-state index in [2.05, 4.69) is 5.32 Å². The molecule has 1 N–H and O–H groups in total. The first-order valence-corrected chi connectivity index (χ1v) is 8.20. The van der Waals surface area contributed by atoms with E-state index in [0.717, 1.165) is 5.69 Å². The summed E-state index contributed by atoms with van der Waals surface area (Å²) < 4.78 is 5.08. The van der Waals surface area contributed by atoms with Gasteiger partial charge in [0.2, 0.25) is 5.91 Å². The predicted octanol–water partition coefficient (Wildman–Crippen LogP) is 3.23. The largest absolute Gasteiger partial charge is 0.497 e. The van der Waals surface area contributed by atoms with Gasteiger partial charge in [0, 0.05) is 29.5 Å². The molecule has 2 aromatic rings. The number of benzene rings is 2. The van der Waals surface area contributed by atoms with Gasteiger partial charge in [-0.2, -0.15) is 0 Å². The van der Waals surface area contributed by atoms with Gasteiger partial charge in [0.1, 0.15) is 12.3 Å². The van der Waals surface area contributed by atoms with Gasteiger partial charge in [-0.15, -0.1) is 0 Å². The Morgan fingerprint density at radius 3 is 2.44 bits per heavy atom. The van der Waals surface area contributed by atoms with Crippen LogP contribution in [0.15, 0.2) is 48.5 Å². The third kappa shape index (κ3) is 4.03. The molecule has 3 rings (SSSR count). The van der Waals surface area contributed by atoms with Crippen LogP contribution in [0.5, 0.6) is 5.75 Å². The number of anilines is 2. The second-order valence-electron chi connectivity index (χ2n) is 5.61. The molecular formula is C18H18ClN3O3. The van der Waals surface area contributed by atoms with Gasteiger partial charge in [0.05, 0.1) is 7.11 Å². The highest BCUT2D eigenvalue weighted by Crippen LogP contribution is 2.22. The first-order chi connectivity index (χ1) is 12.1. The molecule has 0 atom stereocenters. The van der Waals surface area contributed by atoms with Crippen molar-refractivity contribution in [2.75, 3.05) is 37.0 Å². The summed E-state index contributed by atoms with van der Waals surface area (Å²) in [6.45, 7) is 1.04. The molecule has 1 heterocycles. The maximum atomic E-state index is 12.5. The van der Waals surface area contributed by atoms with E-state index in [9.17, 15) is 9.59 Å². The van der Waals surface area contributed by atoms with Crippen molar-refractivity contribution in [3.05, 3.63) is 53.6 Å². The van der Waals surface area contributed by atoms with Crippen LogP contribution >= 0.6 is 11.6 Å². The number of nitrogens with zero attached hydrogens (tertiary/aromatic N) is 2. The summed E-state index contributed by atoms with van der Waals surface area (Å²) in [6.07, 6.45) is 0. The number of methoxy groups -OCH3 is 1. The third-order valence-electron chi connectivity index (χ3n) is 3.94. The van der Waals surface area contributed by atoms with Crippen molar-refractivity contribution in [1.29, 1.82) is 0 Å². The number of amides is 3. The van der Waals surface area contributed by atoms with Crippen LogP contribution in [0.2, 0.25) is 5.02 Å². The van der Waals surface area contributed by atoms with Crippen LogP contribution in [0.4, 0.5) is 16.2 Å². The molecule has 25 heavy (non-hydrogen) atoms. The Balaban J connectivity index is 1.58. The van der Waals surface area contributed by atoms with Crippen LogP contribution in [-0.2, 0) is 4.79 Å².